The number of hydrogen-bond donors (Lipinski definition) is 2. The van der Waals surface area contributed by atoms with Crippen molar-refractivity contribution in [3.63, 3.8) is 0 Å². The third-order valence-electron chi connectivity index (χ3n) is 5.50. The Morgan fingerprint density at radius 3 is 2.72 bits per heavy atom. The largest absolute Gasteiger partial charge is 0.481 e. The molecule has 1 aromatic carbocycles. The second-order valence-electron chi connectivity index (χ2n) is 7.16. The van der Waals surface area contributed by atoms with Crippen LogP contribution in [0.1, 0.15) is 38.2 Å². The molecule has 1 saturated heterocycles. The van der Waals surface area contributed by atoms with Crippen molar-refractivity contribution in [1.29, 1.82) is 0 Å². The molecule has 6 nitrogen and oxygen atoms in total. The maximum Gasteiger partial charge on any atom is 0.311 e. The number of anilines is 1. The van der Waals surface area contributed by atoms with E-state index in [1.54, 1.807) is 0 Å². The molecule has 0 bridgehead atoms. The first-order valence-electron chi connectivity index (χ1n) is 8.36. The summed E-state index contributed by atoms with van der Waals surface area (Å²) in [7, 11) is 0. The van der Waals surface area contributed by atoms with Gasteiger partial charge in [0, 0.05) is 25.2 Å². The number of rotatable bonds is 3. The van der Waals surface area contributed by atoms with E-state index in [9.17, 15) is 23.9 Å². The summed E-state index contributed by atoms with van der Waals surface area (Å²) >= 11 is 0. The molecule has 2 amide bonds. The number of carbonyl (C=O) groups is 3. The molecule has 0 saturated carbocycles. The number of aliphatic carboxylic acids is 1. The van der Waals surface area contributed by atoms with Crippen LogP contribution in [0, 0.1) is 17.2 Å². The molecule has 2 N–H and O–H groups in total. The number of benzene rings is 1. The minimum absolute atomic E-state index is 0.0181. The standard InChI is InChI=1S/C18H21FN2O4/c1-10(2)18(17(24)25)5-6-21(9-18)16(23)13-8-15(22)20-14-7-11(19)3-4-12(13)14/h3-4,7,10,13H,5-6,8-9H2,1-2H3,(H,20,22)(H,24,25). The fourth-order valence-electron chi connectivity index (χ4n) is 3.79. The van der Waals surface area contributed by atoms with Gasteiger partial charge in [0.25, 0.3) is 0 Å². The van der Waals surface area contributed by atoms with Crippen LogP contribution in [0.2, 0.25) is 0 Å². The van der Waals surface area contributed by atoms with Crippen LogP contribution in [-0.4, -0.2) is 40.9 Å². The molecule has 0 spiro atoms. The molecule has 25 heavy (non-hydrogen) atoms. The number of nitrogens with zero attached hydrogens (tertiary/aromatic N) is 1. The van der Waals surface area contributed by atoms with Gasteiger partial charge in [-0.1, -0.05) is 19.9 Å². The minimum Gasteiger partial charge on any atom is -0.481 e. The Bertz CT molecular complexity index is 749. The number of halogens is 1. The monoisotopic (exact) mass is 348 g/mol. The number of hydrogen-bond acceptors (Lipinski definition) is 3. The van der Waals surface area contributed by atoms with E-state index >= 15 is 0 Å². The lowest BCUT2D eigenvalue weighted by Gasteiger charge is -2.31. The highest BCUT2D eigenvalue weighted by atomic mass is 19.1. The van der Waals surface area contributed by atoms with Crippen LogP contribution in [0.3, 0.4) is 0 Å². The van der Waals surface area contributed by atoms with Crippen molar-refractivity contribution in [2.24, 2.45) is 11.3 Å². The molecule has 0 aliphatic carbocycles. The number of carboxylic acid groups (broad SMARTS) is 1. The number of amides is 2. The molecule has 2 heterocycles. The van der Waals surface area contributed by atoms with Crippen molar-refractivity contribution in [3.05, 3.63) is 29.6 Å². The van der Waals surface area contributed by atoms with Crippen molar-refractivity contribution < 1.29 is 23.9 Å². The smallest absolute Gasteiger partial charge is 0.311 e. The van der Waals surface area contributed by atoms with Crippen molar-refractivity contribution in [1.82, 2.24) is 4.90 Å². The zero-order valence-electron chi connectivity index (χ0n) is 14.2. The molecular formula is C18H21FN2O4. The van der Waals surface area contributed by atoms with Crippen molar-refractivity contribution in [2.45, 2.75) is 32.6 Å². The fraction of sp³-hybridized carbons (Fsp3) is 0.500. The van der Waals surface area contributed by atoms with Crippen LogP contribution >= 0.6 is 0 Å². The maximum atomic E-state index is 13.4. The lowest BCUT2D eigenvalue weighted by molar-refractivity contribution is -0.151. The van der Waals surface area contributed by atoms with Gasteiger partial charge in [-0.15, -0.1) is 0 Å². The van der Waals surface area contributed by atoms with E-state index in [1.165, 1.54) is 23.1 Å². The van der Waals surface area contributed by atoms with Gasteiger partial charge in [0.2, 0.25) is 11.8 Å². The topological polar surface area (TPSA) is 86.7 Å². The number of likely N-dealkylation sites (tertiary alicyclic amines) is 1. The zero-order chi connectivity index (χ0) is 18.4. The highest BCUT2D eigenvalue weighted by molar-refractivity contribution is 6.01. The normalized spacial score (nSPS) is 25.7. The summed E-state index contributed by atoms with van der Waals surface area (Å²) in [5.41, 5.74) is -0.0800. The Hall–Kier alpha value is -2.44. The number of carbonyl (C=O) groups excluding carboxylic acids is 2. The van der Waals surface area contributed by atoms with E-state index in [4.69, 9.17) is 0 Å². The summed E-state index contributed by atoms with van der Waals surface area (Å²) in [5.74, 6) is -2.82. The van der Waals surface area contributed by atoms with Gasteiger partial charge in [0.1, 0.15) is 5.82 Å². The predicted octanol–water partition coefficient (Wildman–Crippen LogP) is 2.21. The summed E-state index contributed by atoms with van der Waals surface area (Å²) < 4.78 is 13.4. The fourth-order valence-corrected chi connectivity index (χ4v) is 3.79. The molecule has 7 heteroatoms. The van der Waals surface area contributed by atoms with Gasteiger partial charge in [-0.3, -0.25) is 14.4 Å². The first-order chi connectivity index (χ1) is 11.7. The first-order valence-corrected chi connectivity index (χ1v) is 8.36. The quantitative estimate of drug-likeness (QED) is 0.877. The highest BCUT2D eigenvalue weighted by Crippen LogP contribution is 2.41. The second kappa shape index (κ2) is 6.13. The van der Waals surface area contributed by atoms with Crippen LogP contribution in [0.15, 0.2) is 18.2 Å². The van der Waals surface area contributed by atoms with Crippen LogP contribution in [0.25, 0.3) is 0 Å². The van der Waals surface area contributed by atoms with Crippen molar-refractivity contribution >= 4 is 23.5 Å². The molecule has 134 valence electrons. The minimum atomic E-state index is -0.960. The van der Waals surface area contributed by atoms with Crippen LogP contribution < -0.4 is 5.32 Å². The average Bonchev–Trinajstić information content (AvgIpc) is 2.99. The molecule has 0 aromatic heterocycles. The lowest BCUT2D eigenvalue weighted by atomic mass is 9.76. The van der Waals surface area contributed by atoms with Crippen LogP contribution in [0.4, 0.5) is 10.1 Å². The average molecular weight is 348 g/mol. The number of carboxylic acids is 1. The van der Waals surface area contributed by atoms with E-state index in [-0.39, 0.29) is 30.7 Å². The Morgan fingerprint density at radius 1 is 1.40 bits per heavy atom. The molecule has 0 radical (unpaired) electrons. The third kappa shape index (κ3) is 2.88. The van der Waals surface area contributed by atoms with E-state index in [0.29, 0.717) is 24.2 Å². The molecule has 2 aliphatic heterocycles. The Kier molecular flexibility index (Phi) is 4.26. The molecule has 2 aliphatic rings. The van der Waals surface area contributed by atoms with Gasteiger partial charge in [-0.05, 0) is 30.0 Å². The molecule has 1 aromatic rings. The SMILES string of the molecule is CC(C)C1(C(=O)O)CCN(C(=O)C2CC(=O)Nc3cc(F)ccc32)C1. The van der Waals surface area contributed by atoms with Gasteiger partial charge < -0.3 is 15.3 Å². The summed E-state index contributed by atoms with van der Waals surface area (Å²) in [6, 6.07) is 3.97. The molecule has 3 rings (SSSR count). The van der Waals surface area contributed by atoms with Crippen molar-refractivity contribution in [3.8, 4) is 0 Å². The zero-order valence-corrected chi connectivity index (χ0v) is 14.2. The Labute approximate surface area is 145 Å². The summed E-state index contributed by atoms with van der Waals surface area (Å²) in [6.45, 7) is 4.16. The van der Waals surface area contributed by atoms with E-state index in [0.717, 1.165) is 0 Å². The Morgan fingerprint density at radius 2 is 2.12 bits per heavy atom. The molecule has 2 unspecified atom stereocenters. The summed E-state index contributed by atoms with van der Waals surface area (Å²) in [5, 5.41) is 12.2. The first kappa shape index (κ1) is 17.4. The second-order valence-corrected chi connectivity index (χ2v) is 7.16. The van der Waals surface area contributed by atoms with Crippen LogP contribution in [0.5, 0.6) is 0 Å². The molecular weight excluding hydrogens is 327 g/mol. The van der Waals surface area contributed by atoms with E-state index < -0.39 is 23.1 Å². The summed E-state index contributed by atoms with van der Waals surface area (Å²) in [6.07, 6.45) is 0.372. The van der Waals surface area contributed by atoms with E-state index in [1.807, 2.05) is 13.8 Å². The number of nitrogens with one attached hydrogen (secondary N) is 1. The summed E-state index contributed by atoms with van der Waals surface area (Å²) in [4.78, 5) is 38.2. The van der Waals surface area contributed by atoms with Gasteiger partial charge >= 0.3 is 5.97 Å². The van der Waals surface area contributed by atoms with Crippen LogP contribution in [-0.2, 0) is 14.4 Å². The van der Waals surface area contributed by atoms with Gasteiger partial charge in [0.05, 0.1) is 11.3 Å². The van der Waals surface area contributed by atoms with Gasteiger partial charge in [0.15, 0.2) is 0 Å². The Balaban J connectivity index is 1.88. The van der Waals surface area contributed by atoms with Crippen molar-refractivity contribution in [2.75, 3.05) is 18.4 Å². The van der Waals surface area contributed by atoms with Gasteiger partial charge in [-0.25, -0.2) is 4.39 Å². The molecule has 1 fully saturated rings. The third-order valence-corrected chi connectivity index (χ3v) is 5.50. The molecule has 2 atom stereocenters. The van der Waals surface area contributed by atoms with Gasteiger partial charge in [-0.2, -0.15) is 0 Å². The highest BCUT2D eigenvalue weighted by Gasteiger charge is 2.49. The van der Waals surface area contributed by atoms with E-state index in [2.05, 4.69) is 5.32 Å². The number of fused-ring (bicyclic) bond motifs is 1. The predicted molar refractivity (Wildman–Crippen MR) is 88.5 cm³/mol. The maximum absolute atomic E-state index is 13.4. The lowest BCUT2D eigenvalue weighted by Crippen LogP contribution is -2.42.